The van der Waals surface area contributed by atoms with Gasteiger partial charge in [-0.2, -0.15) is 5.10 Å². The summed E-state index contributed by atoms with van der Waals surface area (Å²) in [6, 6.07) is 3.58. The van der Waals surface area contributed by atoms with Crippen molar-refractivity contribution < 1.29 is 14.3 Å². The second-order valence-corrected chi connectivity index (χ2v) is 9.70. The molecular formula is C25H30N6O3. The van der Waals surface area contributed by atoms with Gasteiger partial charge in [0.1, 0.15) is 11.9 Å². The van der Waals surface area contributed by atoms with Crippen molar-refractivity contribution >= 4 is 28.5 Å². The molecule has 1 atom stereocenters. The van der Waals surface area contributed by atoms with Gasteiger partial charge in [-0.3, -0.25) is 14.7 Å². The molecule has 0 unspecified atom stereocenters. The zero-order chi connectivity index (χ0) is 23.2. The molecule has 9 heteroatoms. The first-order chi connectivity index (χ1) is 16.6. The Bertz CT molecular complexity index is 1270. The quantitative estimate of drug-likeness (QED) is 0.521. The first kappa shape index (κ1) is 21.3. The summed E-state index contributed by atoms with van der Waals surface area (Å²) in [6.45, 7) is 0.972. The number of benzene rings is 1. The smallest absolute Gasteiger partial charge is 0.253 e. The molecule has 3 N–H and O–H groups in total. The molecule has 3 aliphatic rings. The molecule has 1 aromatic carbocycles. The fourth-order valence-electron chi connectivity index (χ4n) is 5.43. The Morgan fingerprint density at radius 2 is 2.06 bits per heavy atom. The van der Waals surface area contributed by atoms with E-state index in [0.717, 1.165) is 61.1 Å². The summed E-state index contributed by atoms with van der Waals surface area (Å²) < 4.78 is 7.64. The second kappa shape index (κ2) is 8.54. The highest BCUT2D eigenvalue weighted by Crippen LogP contribution is 2.38. The maximum Gasteiger partial charge on any atom is 0.253 e. The van der Waals surface area contributed by atoms with E-state index in [9.17, 15) is 9.59 Å². The molecule has 1 saturated heterocycles. The zero-order valence-electron chi connectivity index (χ0n) is 19.4. The van der Waals surface area contributed by atoms with Crippen LogP contribution < -0.4 is 10.6 Å². The summed E-state index contributed by atoms with van der Waals surface area (Å²) >= 11 is 0. The van der Waals surface area contributed by atoms with Crippen LogP contribution in [-0.4, -0.2) is 44.3 Å². The van der Waals surface area contributed by atoms with E-state index in [2.05, 4.69) is 25.4 Å². The summed E-state index contributed by atoms with van der Waals surface area (Å²) in [4.78, 5) is 30.9. The van der Waals surface area contributed by atoms with Crippen LogP contribution in [0.1, 0.15) is 77.6 Å². The lowest BCUT2D eigenvalue weighted by Crippen LogP contribution is -2.28. The maximum absolute atomic E-state index is 13.1. The Balaban J connectivity index is 1.30. The molecule has 9 nitrogen and oxygen atoms in total. The second-order valence-electron chi connectivity index (χ2n) is 9.70. The van der Waals surface area contributed by atoms with Gasteiger partial charge in [-0.1, -0.05) is 6.42 Å². The van der Waals surface area contributed by atoms with Crippen LogP contribution in [0, 0.1) is 0 Å². The highest BCUT2D eigenvalue weighted by atomic mass is 16.5. The molecule has 34 heavy (non-hydrogen) atoms. The predicted molar refractivity (Wildman–Crippen MR) is 127 cm³/mol. The Hall–Kier alpha value is -3.20. The van der Waals surface area contributed by atoms with Crippen LogP contribution in [0.4, 0.5) is 5.69 Å². The first-order valence-electron chi connectivity index (χ1n) is 12.3. The number of anilines is 1. The molecule has 1 aliphatic heterocycles. The highest BCUT2D eigenvalue weighted by Gasteiger charge is 2.28. The van der Waals surface area contributed by atoms with E-state index in [4.69, 9.17) is 9.72 Å². The van der Waals surface area contributed by atoms with E-state index in [0.29, 0.717) is 36.7 Å². The summed E-state index contributed by atoms with van der Waals surface area (Å²) in [5.41, 5.74) is 5.95. The molecule has 0 bridgehead atoms. The first-order valence-corrected chi connectivity index (χ1v) is 12.3. The number of imidazole rings is 1. The predicted octanol–water partition coefficient (Wildman–Crippen LogP) is 3.10. The highest BCUT2D eigenvalue weighted by molar-refractivity contribution is 6.06. The summed E-state index contributed by atoms with van der Waals surface area (Å²) in [6.07, 6.45) is 7.73. The Labute approximate surface area is 197 Å². The van der Waals surface area contributed by atoms with Crippen molar-refractivity contribution in [3.63, 3.8) is 0 Å². The SMILES string of the molecule is Cn1c(C2CCC2)nc2cc(C(=O)NCc3n[nH]c4c3CCC4)cc(NC(=O)[C@@H]3CCCO3)c21. The molecular weight excluding hydrogens is 432 g/mol. The van der Waals surface area contributed by atoms with Gasteiger partial charge in [-0.25, -0.2) is 4.98 Å². The molecule has 2 aromatic heterocycles. The minimum atomic E-state index is -0.450. The van der Waals surface area contributed by atoms with Crippen LogP contribution in [0.2, 0.25) is 0 Å². The molecule has 0 spiro atoms. The van der Waals surface area contributed by atoms with Gasteiger partial charge in [0.25, 0.3) is 11.8 Å². The minimum absolute atomic E-state index is 0.171. The molecule has 1 saturated carbocycles. The number of nitrogens with one attached hydrogen (secondary N) is 3. The number of rotatable bonds is 6. The number of aromatic amines is 1. The lowest BCUT2D eigenvalue weighted by molar-refractivity contribution is -0.124. The van der Waals surface area contributed by atoms with Crippen molar-refractivity contribution in [2.24, 2.45) is 7.05 Å². The number of hydrogen-bond donors (Lipinski definition) is 3. The Morgan fingerprint density at radius 3 is 2.82 bits per heavy atom. The number of ether oxygens (including phenoxy) is 1. The van der Waals surface area contributed by atoms with Gasteiger partial charge in [-0.05, 0) is 62.6 Å². The number of aryl methyl sites for hydroxylation is 2. The van der Waals surface area contributed by atoms with Gasteiger partial charge in [0.2, 0.25) is 0 Å². The van der Waals surface area contributed by atoms with Crippen molar-refractivity contribution in [2.45, 2.75) is 69.9 Å². The summed E-state index contributed by atoms with van der Waals surface area (Å²) in [5.74, 6) is 1.06. The van der Waals surface area contributed by atoms with Crippen LogP contribution in [0.15, 0.2) is 12.1 Å². The van der Waals surface area contributed by atoms with Crippen molar-refractivity contribution in [1.29, 1.82) is 0 Å². The minimum Gasteiger partial charge on any atom is -0.368 e. The average Bonchev–Trinajstić information content (AvgIpc) is 3.57. The summed E-state index contributed by atoms with van der Waals surface area (Å²) in [5, 5.41) is 13.5. The number of carbonyl (C=O) groups is 2. The monoisotopic (exact) mass is 462 g/mol. The Morgan fingerprint density at radius 1 is 1.18 bits per heavy atom. The number of amides is 2. The number of nitrogens with zero attached hydrogens (tertiary/aromatic N) is 3. The molecule has 2 amide bonds. The number of carbonyl (C=O) groups excluding carboxylic acids is 2. The third-order valence-electron chi connectivity index (χ3n) is 7.52. The van der Waals surface area contributed by atoms with Gasteiger partial charge >= 0.3 is 0 Å². The standard InChI is InChI=1S/C25H30N6O3/c1-31-22-18(27-23(31)14-5-2-6-14)11-15(12-19(22)28-25(33)21-9-4-10-34-21)24(32)26-13-20-16-7-3-8-17(16)29-30-20/h11-12,14,21H,2-10,13H2,1H3,(H,26,32)(H,28,33)(H,29,30)/t21-/m0/s1. The lowest BCUT2D eigenvalue weighted by Gasteiger charge is -2.24. The third kappa shape index (κ3) is 3.68. The molecule has 3 heterocycles. The topological polar surface area (TPSA) is 114 Å². The third-order valence-corrected chi connectivity index (χ3v) is 7.52. The zero-order valence-corrected chi connectivity index (χ0v) is 19.4. The Kier molecular flexibility index (Phi) is 5.36. The molecule has 6 rings (SSSR count). The van der Waals surface area contributed by atoms with Gasteiger partial charge in [-0.15, -0.1) is 0 Å². The van der Waals surface area contributed by atoms with Crippen LogP contribution in [-0.2, 0) is 36.0 Å². The number of fused-ring (bicyclic) bond motifs is 2. The van der Waals surface area contributed by atoms with Crippen LogP contribution in [0.25, 0.3) is 11.0 Å². The van der Waals surface area contributed by atoms with Crippen molar-refractivity contribution in [3.05, 3.63) is 40.5 Å². The molecule has 0 radical (unpaired) electrons. The normalized spacial score (nSPS) is 19.9. The summed E-state index contributed by atoms with van der Waals surface area (Å²) in [7, 11) is 1.99. The van der Waals surface area contributed by atoms with Gasteiger partial charge in [0.15, 0.2) is 0 Å². The average molecular weight is 463 g/mol. The fourth-order valence-corrected chi connectivity index (χ4v) is 5.43. The maximum atomic E-state index is 13.1. The fraction of sp³-hybridized carbons (Fsp3) is 0.520. The van der Waals surface area contributed by atoms with Gasteiger partial charge < -0.3 is 19.9 Å². The molecule has 2 fully saturated rings. The van der Waals surface area contributed by atoms with Gasteiger partial charge in [0, 0.05) is 30.8 Å². The van der Waals surface area contributed by atoms with E-state index in [-0.39, 0.29) is 11.8 Å². The van der Waals surface area contributed by atoms with Crippen molar-refractivity contribution in [3.8, 4) is 0 Å². The van der Waals surface area contributed by atoms with Crippen LogP contribution in [0.5, 0.6) is 0 Å². The van der Waals surface area contributed by atoms with E-state index < -0.39 is 6.10 Å². The van der Waals surface area contributed by atoms with Crippen molar-refractivity contribution in [1.82, 2.24) is 25.1 Å². The van der Waals surface area contributed by atoms with E-state index in [1.165, 1.54) is 17.7 Å². The van der Waals surface area contributed by atoms with Crippen LogP contribution in [0.3, 0.4) is 0 Å². The van der Waals surface area contributed by atoms with E-state index in [1.807, 2.05) is 13.1 Å². The molecule has 2 aliphatic carbocycles. The number of hydrogen-bond acceptors (Lipinski definition) is 5. The molecule has 178 valence electrons. The largest absolute Gasteiger partial charge is 0.368 e. The lowest BCUT2D eigenvalue weighted by atomic mass is 9.85. The van der Waals surface area contributed by atoms with Crippen molar-refractivity contribution in [2.75, 3.05) is 11.9 Å². The van der Waals surface area contributed by atoms with Gasteiger partial charge in [0.05, 0.1) is 29.0 Å². The molecule has 3 aromatic rings. The number of H-pyrrole nitrogens is 1. The number of aromatic nitrogens is 4. The van der Waals surface area contributed by atoms with Crippen LogP contribution >= 0.6 is 0 Å². The van der Waals surface area contributed by atoms with E-state index >= 15 is 0 Å². The van der Waals surface area contributed by atoms with E-state index in [1.54, 1.807) is 6.07 Å².